The normalized spacial score (nSPS) is 21.2. The van der Waals surface area contributed by atoms with E-state index in [-0.39, 0.29) is 0 Å². The molecule has 13 heavy (non-hydrogen) atoms. The van der Waals surface area contributed by atoms with Crippen LogP contribution in [0.4, 0.5) is 0 Å². The van der Waals surface area contributed by atoms with Gasteiger partial charge in [-0.2, -0.15) is 0 Å². The molecule has 1 heterocycles. The molecule has 0 bridgehead atoms. The van der Waals surface area contributed by atoms with Crippen molar-refractivity contribution >= 4 is 0 Å². The number of rotatable bonds is 5. The molecular weight excluding hydrogens is 162 g/mol. The van der Waals surface area contributed by atoms with Crippen molar-refractivity contribution in [1.29, 1.82) is 0 Å². The van der Waals surface area contributed by atoms with Crippen molar-refractivity contribution in [2.75, 3.05) is 19.8 Å². The van der Waals surface area contributed by atoms with Gasteiger partial charge in [-0.05, 0) is 19.8 Å². The number of ether oxygens (including phenoxy) is 1. The third kappa shape index (κ3) is 2.68. The summed E-state index contributed by atoms with van der Waals surface area (Å²) in [6, 6.07) is 0. The van der Waals surface area contributed by atoms with Crippen LogP contribution in [-0.4, -0.2) is 25.3 Å². The Balaban J connectivity index is 2.31. The van der Waals surface area contributed by atoms with Gasteiger partial charge < -0.3 is 10.1 Å². The van der Waals surface area contributed by atoms with Crippen LogP contribution in [0.2, 0.25) is 0 Å². The predicted molar refractivity (Wildman–Crippen MR) is 55.9 cm³/mol. The van der Waals surface area contributed by atoms with Crippen LogP contribution in [0.3, 0.4) is 0 Å². The number of hydrogen-bond acceptors (Lipinski definition) is 2. The monoisotopic (exact) mass is 185 g/mol. The van der Waals surface area contributed by atoms with E-state index in [0.29, 0.717) is 11.0 Å². The summed E-state index contributed by atoms with van der Waals surface area (Å²) in [6.07, 6.45) is 2.39. The fraction of sp³-hybridized carbons (Fsp3) is 1.00. The molecule has 78 valence electrons. The largest absolute Gasteiger partial charge is 0.380 e. The summed E-state index contributed by atoms with van der Waals surface area (Å²) >= 11 is 0. The van der Waals surface area contributed by atoms with Crippen LogP contribution in [0.1, 0.15) is 40.5 Å². The van der Waals surface area contributed by atoms with E-state index in [1.807, 2.05) is 0 Å². The van der Waals surface area contributed by atoms with Crippen molar-refractivity contribution in [2.24, 2.45) is 5.41 Å². The van der Waals surface area contributed by atoms with Gasteiger partial charge in [-0.15, -0.1) is 0 Å². The standard InChI is InChI=1S/C11H23NO/c1-5-11(4,6-2)12-7-10(3)8-13-9-10/h12H,5-9H2,1-4H3. The highest BCUT2D eigenvalue weighted by Crippen LogP contribution is 2.26. The van der Waals surface area contributed by atoms with Gasteiger partial charge in [-0.3, -0.25) is 0 Å². The van der Waals surface area contributed by atoms with E-state index in [9.17, 15) is 0 Å². The van der Waals surface area contributed by atoms with Crippen molar-refractivity contribution in [2.45, 2.75) is 46.1 Å². The predicted octanol–water partition coefficient (Wildman–Crippen LogP) is 2.19. The van der Waals surface area contributed by atoms with Gasteiger partial charge in [0.25, 0.3) is 0 Å². The van der Waals surface area contributed by atoms with E-state index in [0.717, 1.165) is 19.8 Å². The Hall–Kier alpha value is -0.0800. The molecular formula is C11H23NO. The average Bonchev–Trinajstić information content (AvgIpc) is 2.11. The minimum Gasteiger partial charge on any atom is -0.380 e. The first kappa shape index (κ1) is 11.0. The highest BCUT2D eigenvalue weighted by atomic mass is 16.5. The van der Waals surface area contributed by atoms with Crippen LogP contribution in [0, 0.1) is 5.41 Å². The van der Waals surface area contributed by atoms with Crippen LogP contribution >= 0.6 is 0 Å². The molecule has 0 saturated carbocycles. The van der Waals surface area contributed by atoms with Crippen molar-refractivity contribution in [3.05, 3.63) is 0 Å². The molecule has 0 radical (unpaired) electrons. The van der Waals surface area contributed by atoms with E-state index < -0.39 is 0 Å². The summed E-state index contributed by atoms with van der Waals surface area (Å²) < 4.78 is 5.23. The van der Waals surface area contributed by atoms with Gasteiger partial charge in [0, 0.05) is 17.5 Å². The maximum atomic E-state index is 5.23. The Morgan fingerprint density at radius 2 is 1.85 bits per heavy atom. The Kier molecular flexibility index (Phi) is 3.36. The van der Waals surface area contributed by atoms with Crippen LogP contribution in [0.5, 0.6) is 0 Å². The summed E-state index contributed by atoms with van der Waals surface area (Å²) in [5.74, 6) is 0. The number of hydrogen-bond donors (Lipinski definition) is 1. The van der Waals surface area contributed by atoms with E-state index in [4.69, 9.17) is 4.74 Å². The smallest absolute Gasteiger partial charge is 0.0554 e. The minimum absolute atomic E-state index is 0.318. The Bertz CT molecular complexity index is 159. The van der Waals surface area contributed by atoms with E-state index in [2.05, 4.69) is 33.0 Å². The van der Waals surface area contributed by atoms with E-state index in [1.165, 1.54) is 12.8 Å². The van der Waals surface area contributed by atoms with E-state index >= 15 is 0 Å². The van der Waals surface area contributed by atoms with Crippen molar-refractivity contribution in [3.8, 4) is 0 Å². The Morgan fingerprint density at radius 3 is 2.15 bits per heavy atom. The molecule has 1 aliphatic heterocycles. The molecule has 0 amide bonds. The zero-order valence-electron chi connectivity index (χ0n) is 9.44. The molecule has 1 aliphatic rings. The molecule has 0 aliphatic carbocycles. The van der Waals surface area contributed by atoms with Gasteiger partial charge in [0.15, 0.2) is 0 Å². The van der Waals surface area contributed by atoms with Gasteiger partial charge in [0.2, 0.25) is 0 Å². The van der Waals surface area contributed by atoms with Crippen molar-refractivity contribution in [1.82, 2.24) is 5.32 Å². The second-order valence-corrected chi connectivity index (χ2v) is 4.92. The van der Waals surface area contributed by atoms with Crippen molar-refractivity contribution < 1.29 is 4.74 Å². The molecule has 1 rings (SSSR count). The zero-order chi connectivity index (χ0) is 9.95. The molecule has 0 unspecified atom stereocenters. The summed E-state index contributed by atoms with van der Waals surface area (Å²) in [5, 5.41) is 3.66. The maximum Gasteiger partial charge on any atom is 0.0554 e. The van der Waals surface area contributed by atoms with Crippen LogP contribution in [-0.2, 0) is 4.74 Å². The molecule has 0 atom stereocenters. The fourth-order valence-corrected chi connectivity index (χ4v) is 1.48. The molecule has 2 heteroatoms. The lowest BCUT2D eigenvalue weighted by molar-refractivity contribution is -0.102. The lowest BCUT2D eigenvalue weighted by Crippen LogP contribution is -2.53. The van der Waals surface area contributed by atoms with Gasteiger partial charge in [-0.1, -0.05) is 20.8 Å². The first-order valence-electron chi connectivity index (χ1n) is 5.36. The topological polar surface area (TPSA) is 21.3 Å². The zero-order valence-corrected chi connectivity index (χ0v) is 9.44. The highest BCUT2D eigenvalue weighted by molar-refractivity contribution is 4.88. The molecule has 1 N–H and O–H groups in total. The van der Waals surface area contributed by atoms with E-state index in [1.54, 1.807) is 0 Å². The summed E-state index contributed by atoms with van der Waals surface area (Å²) in [4.78, 5) is 0. The first-order chi connectivity index (χ1) is 6.04. The number of nitrogens with one attached hydrogen (secondary N) is 1. The van der Waals surface area contributed by atoms with Crippen LogP contribution in [0.15, 0.2) is 0 Å². The second-order valence-electron chi connectivity index (χ2n) is 4.92. The van der Waals surface area contributed by atoms with Gasteiger partial charge >= 0.3 is 0 Å². The summed E-state index contributed by atoms with van der Waals surface area (Å²) in [7, 11) is 0. The van der Waals surface area contributed by atoms with Gasteiger partial charge in [-0.25, -0.2) is 0 Å². The van der Waals surface area contributed by atoms with Crippen LogP contribution < -0.4 is 5.32 Å². The molecule has 0 aromatic carbocycles. The third-order valence-electron chi connectivity index (χ3n) is 3.40. The molecule has 0 spiro atoms. The van der Waals surface area contributed by atoms with Gasteiger partial charge in [0.05, 0.1) is 13.2 Å². The minimum atomic E-state index is 0.318. The summed E-state index contributed by atoms with van der Waals surface area (Å²) in [6.45, 7) is 12.0. The van der Waals surface area contributed by atoms with Crippen LogP contribution in [0.25, 0.3) is 0 Å². The van der Waals surface area contributed by atoms with Crippen molar-refractivity contribution in [3.63, 3.8) is 0 Å². The van der Waals surface area contributed by atoms with Gasteiger partial charge in [0.1, 0.15) is 0 Å². The second kappa shape index (κ2) is 3.97. The SMILES string of the molecule is CCC(C)(CC)NCC1(C)COC1. The molecule has 2 nitrogen and oxygen atoms in total. The average molecular weight is 185 g/mol. The first-order valence-corrected chi connectivity index (χ1v) is 5.36. The Labute approximate surface area is 82.0 Å². The molecule has 0 aromatic rings. The maximum absolute atomic E-state index is 5.23. The quantitative estimate of drug-likeness (QED) is 0.709. The third-order valence-corrected chi connectivity index (χ3v) is 3.40. The fourth-order valence-electron chi connectivity index (χ4n) is 1.48. The molecule has 1 fully saturated rings. The highest BCUT2D eigenvalue weighted by Gasteiger charge is 2.34. The Morgan fingerprint density at radius 1 is 1.31 bits per heavy atom. The molecule has 0 aromatic heterocycles. The summed E-state index contributed by atoms with van der Waals surface area (Å²) in [5.41, 5.74) is 0.712. The lowest BCUT2D eigenvalue weighted by atomic mass is 9.86. The lowest BCUT2D eigenvalue weighted by Gasteiger charge is -2.41. The molecule has 1 saturated heterocycles.